The Labute approximate surface area is 155 Å². The lowest BCUT2D eigenvalue weighted by molar-refractivity contribution is -0.138. The number of fused-ring (bicyclic) bond motifs is 1. The third kappa shape index (κ3) is 4.11. The van der Waals surface area contributed by atoms with Crippen molar-refractivity contribution in [3.05, 3.63) is 63.5 Å². The van der Waals surface area contributed by atoms with Gasteiger partial charge in [-0.15, -0.1) is 11.3 Å². The van der Waals surface area contributed by atoms with Crippen LogP contribution in [0, 0.1) is 0 Å². The van der Waals surface area contributed by atoms with Crippen molar-refractivity contribution in [2.75, 3.05) is 0 Å². The smallest absolute Gasteiger partial charge is 0.416 e. The van der Waals surface area contributed by atoms with Crippen LogP contribution in [0.25, 0.3) is 10.1 Å². The second kappa shape index (κ2) is 7.17. The molecule has 3 nitrogen and oxygen atoms in total. The van der Waals surface area contributed by atoms with Crippen molar-refractivity contribution >= 4 is 39.0 Å². The summed E-state index contributed by atoms with van der Waals surface area (Å²) in [6, 6.07) is 8.36. The molecule has 2 aromatic carbocycles. The number of carboxylic acid groups (broad SMARTS) is 1. The van der Waals surface area contributed by atoms with Crippen LogP contribution in [0.2, 0.25) is 5.02 Å². The maximum absolute atomic E-state index is 12.7. The lowest BCUT2D eigenvalue weighted by Crippen LogP contribution is -2.05. The first-order chi connectivity index (χ1) is 12.2. The number of hydrogen-bond donors (Lipinski definition) is 1. The Morgan fingerprint density at radius 1 is 1.15 bits per heavy atom. The molecular formula is C18H12ClF3O3S. The molecule has 1 N–H and O–H groups in total. The number of carboxylic acids is 1. The van der Waals surface area contributed by atoms with Crippen LogP contribution in [0.3, 0.4) is 0 Å². The summed E-state index contributed by atoms with van der Waals surface area (Å²) < 4.78 is 44.5. The van der Waals surface area contributed by atoms with Crippen molar-refractivity contribution in [2.45, 2.75) is 19.2 Å². The topological polar surface area (TPSA) is 46.5 Å². The van der Waals surface area contributed by atoms with Crippen molar-refractivity contribution in [1.82, 2.24) is 0 Å². The molecule has 0 spiro atoms. The summed E-state index contributed by atoms with van der Waals surface area (Å²) >= 11 is 7.32. The van der Waals surface area contributed by atoms with Gasteiger partial charge in [0, 0.05) is 15.3 Å². The molecule has 0 atom stereocenters. The SMILES string of the molecule is O=C(O)Cc1csc2cc(OCc3ccc(C(F)(F)F)cc3Cl)ccc12. The molecule has 0 saturated heterocycles. The van der Waals surface area contributed by atoms with Gasteiger partial charge in [-0.2, -0.15) is 13.2 Å². The summed E-state index contributed by atoms with van der Waals surface area (Å²) in [5.74, 6) is -0.376. The van der Waals surface area contributed by atoms with E-state index in [-0.39, 0.29) is 18.1 Å². The standard InChI is InChI=1S/C18H12ClF3O3S/c19-15-6-12(18(20,21)22)2-1-10(15)8-25-13-3-4-14-11(5-17(23)24)9-26-16(14)7-13/h1-4,6-7,9H,5,8H2,(H,23,24). The van der Waals surface area contributed by atoms with Crippen molar-refractivity contribution in [2.24, 2.45) is 0 Å². The number of alkyl halides is 3. The Bertz CT molecular complexity index is 966. The molecule has 0 fully saturated rings. The minimum absolute atomic E-state index is 0.0132. The van der Waals surface area contributed by atoms with Gasteiger partial charge in [-0.25, -0.2) is 0 Å². The summed E-state index contributed by atoms with van der Waals surface area (Å²) in [4.78, 5) is 10.9. The van der Waals surface area contributed by atoms with Gasteiger partial charge in [0.1, 0.15) is 12.4 Å². The number of thiophene rings is 1. The van der Waals surface area contributed by atoms with Gasteiger partial charge in [-0.3, -0.25) is 4.79 Å². The summed E-state index contributed by atoms with van der Waals surface area (Å²) in [6.07, 6.45) is -4.50. The molecule has 3 aromatic rings. The van der Waals surface area contributed by atoms with E-state index in [9.17, 15) is 18.0 Å². The maximum atomic E-state index is 12.7. The normalized spacial score (nSPS) is 11.7. The molecule has 3 rings (SSSR count). The van der Waals surface area contributed by atoms with Crippen LogP contribution in [-0.4, -0.2) is 11.1 Å². The van der Waals surface area contributed by atoms with Gasteiger partial charge in [0.15, 0.2) is 0 Å². The van der Waals surface area contributed by atoms with Gasteiger partial charge >= 0.3 is 12.1 Å². The minimum Gasteiger partial charge on any atom is -0.489 e. The molecule has 8 heteroatoms. The first-order valence-electron chi connectivity index (χ1n) is 7.44. The molecule has 26 heavy (non-hydrogen) atoms. The van der Waals surface area contributed by atoms with E-state index in [4.69, 9.17) is 21.4 Å². The second-order valence-corrected chi connectivity index (χ2v) is 6.90. The van der Waals surface area contributed by atoms with E-state index in [1.807, 2.05) is 0 Å². The Hall–Kier alpha value is -2.25. The number of aliphatic carboxylic acids is 1. The fraction of sp³-hybridized carbons (Fsp3) is 0.167. The van der Waals surface area contributed by atoms with E-state index in [0.29, 0.717) is 11.3 Å². The quantitative estimate of drug-likeness (QED) is 0.590. The highest BCUT2D eigenvalue weighted by Gasteiger charge is 2.30. The maximum Gasteiger partial charge on any atom is 0.416 e. The number of ether oxygens (including phenoxy) is 1. The first kappa shape index (κ1) is 18.5. The largest absolute Gasteiger partial charge is 0.489 e. The van der Waals surface area contributed by atoms with E-state index < -0.39 is 17.7 Å². The molecule has 0 amide bonds. The van der Waals surface area contributed by atoms with Crippen LogP contribution in [0.4, 0.5) is 13.2 Å². The molecule has 136 valence electrons. The number of hydrogen-bond acceptors (Lipinski definition) is 3. The molecule has 0 saturated carbocycles. The Kier molecular flexibility index (Phi) is 5.11. The molecule has 1 aromatic heterocycles. The fourth-order valence-corrected chi connectivity index (χ4v) is 3.68. The lowest BCUT2D eigenvalue weighted by Gasteiger charge is -2.11. The van der Waals surface area contributed by atoms with Crippen molar-refractivity contribution in [1.29, 1.82) is 0 Å². The molecule has 0 aliphatic carbocycles. The number of rotatable bonds is 5. The van der Waals surface area contributed by atoms with Gasteiger partial charge in [-0.1, -0.05) is 17.7 Å². The van der Waals surface area contributed by atoms with Crippen LogP contribution >= 0.6 is 22.9 Å². The highest BCUT2D eigenvalue weighted by Crippen LogP contribution is 2.33. The monoisotopic (exact) mass is 400 g/mol. The number of halogens is 4. The van der Waals surface area contributed by atoms with Crippen LogP contribution in [0.1, 0.15) is 16.7 Å². The van der Waals surface area contributed by atoms with Gasteiger partial charge in [0.05, 0.1) is 12.0 Å². The Morgan fingerprint density at radius 2 is 1.92 bits per heavy atom. The molecular weight excluding hydrogens is 389 g/mol. The molecule has 0 unspecified atom stereocenters. The predicted molar refractivity (Wildman–Crippen MR) is 94.0 cm³/mol. The summed E-state index contributed by atoms with van der Waals surface area (Å²) in [7, 11) is 0. The molecule has 0 radical (unpaired) electrons. The van der Waals surface area contributed by atoms with E-state index in [1.165, 1.54) is 17.4 Å². The van der Waals surface area contributed by atoms with Crippen molar-refractivity contribution in [3.8, 4) is 5.75 Å². The highest BCUT2D eigenvalue weighted by molar-refractivity contribution is 7.17. The van der Waals surface area contributed by atoms with Gasteiger partial charge in [0.25, 0.3) is 0 Å². The second-order valence-electron chi connectivity index (χ2n) is 5.58. The van der Waals surface area contributed by atoms with Crippen LogP contribution < -0.4 is 4.74 Å². The summed E-state index contributed by atoms with van der Waals surface area (Å²) in [6.45, 7) is 0.0236. The average molecular weight is 401 g/mol. The van der Waals surface area contributed by atoms with E-state index >= 15 is 0 Å². The van der Waals surface area contributed by atoms with E-state index in [1.54, 1.807) is 23.6 Å². The van der Waals surface area contributed by atoms with Crippen LogP contribution in [-0.2, 0) is 24.0 Å². The average Bonchev–Trinajstić information content (AvgIpc) is 2.94. The summed E-state index contributed by atoms with van der Waals surface area (Å²) in [5.41, 5.74) is 0.365. The predicted octanol–water partition coefficient (Wildman–Crippen LogP) is 5.78. The van der Waals surface area contributed by atoms with Gasteiger partial charge in [0.2, 0.25) is 0 Å². The lowest BCUT2D eigenvalue weighted by atomic mass is 10.1. The third-order valence-electron chi connectivity index (χ3n) is 3.74. The summed E-state index contributed by atoms with van der Waals surface area (Å²) in [5, 5.41) is 11.5. The van der Waals surface area contributed by atoms with E-state index in [0.717, 1.165) is 27.8 Å². The number of benzene rings is 2. The molecule has 1 heterocycles. The zero-order valence-electron chi connectivity index (χ0n) is 13.1. The van der Waals surface area contributed by atoms with E-state index in [2.05, 4.69) is 0 Å². The van der Waals surface area contributed by atoms with Gasteiger partial charge < -0.3 is 9.84 Å². The fourth-order valence-electron chi connectivity index (χ4n) is 2.45. The first-order valence-corrected chi connectivity index (χ1v) is 8.70. The Morgan fingerprint density at radius 3 is 2.58 bits per heavy atom. The zero-order valence-corrected chi connectivity index (χ0v) is 14.7. The third-order valence-corrected chi connectivity index (χ3v) is 5.09. The van der Waals surface area contributed by atoms with Crippen molar-refractivity contribution < 1.29 is 27.8 Å². The van der Waals surface area contributed by atoms with Crippen LogP contribution in [0.15, 0.2) is 41.8 Å². The van der Waals surface area contributed by atoms with Crippen molar-refractivity contribution in [3.63, 3.8) is 0 Å². The zero-order chi connectivity index (χ0) is 18.9. The molecule has 0 bridgehead atoms. The minimum atomic E-state index is -4.44. The molecule has 0 aliphatic rings. The molecule has 0 aliphatic heterocycles. The van der Waals surface area contributed by atoms with Crippen LogP contribution in [0.5, 0.6) is 5.75 Å². The number of carbonyl (C=O) groups is 1. The van der Waals surface area contributed by atoms with Gasteiger partial charge in [-0.05, 0) is 46.7 Å². The Balaban J connectivity index is 1.75. The highest BCUT2D eigenvalue weighted by atomic mass is 35.5.